The third-order valence-corrected chi connectivity index (χ3v) is 4.16. The van der Waals surface area contributed by atoms with Gasteiger partial charge in [-0.25, -0.2) is 0 Å². The minimum atomic E-state index is 0.316. The molecule has 1 heterocycles. The van der Waals surface area contributed by atoms with Crippen molar-refractivity contribution in [3.63, 3.8) is 0 Å². The minimum Gasteiger partial charge on any atom is -0.371 e. The van der Waals surface area contributed by atoms with Gasteiger partial charge in [0.15, 0.2) is 5.82 Å². The summed E-state index contributed by atoms with van der Waals surface area (Å²) < 4.78 is 0. The first-order valence-corrected chi connectivity index (χ1v) is 8.95. The molecule has 0 saturated carbocycles. The first-order valence-electron chi connectivity index (χ1n) is 8.57. The first-order chi connectivity index (χ1) is 12.6. The fraction of sp³-hybridized carbons (Fsp3) is 0.190. The van der Waals surface area contributed by atoms with Gasteiger partial charge >= 0.3 is 0 Å². The van der Waals surface area contributed by atoms with Crippen molar-refractivity contribution in [1.82, 2.24) is 10.2 Å². The number of hydrogen-bond donors (Lipinski definition) is 2. The Hall–Kier alpha value is -2.72. The highest BCUT2D eigenvalue weighted by Gasteiger charge is 2.20. The molecule has 4 nitrogen and oxygen atoms in total. The van der Waals surface area contributed by atoms with E-state index in [1.165, 1.54) is 0 Å². The topological polar surface area (TPSA) is 61.7 Å². The Balaban J connectivity index is 0.00000117. The van der Waals surface area contributed by atoms with E-state index in [0.29, 0.717) is 27.8 Å². The Morgan fingerprint density at radius 3 is 2.15 bits per heavy atom. The SMILES string of the molecule is CC.CNc1nnc(-c2ccccc2)c(Cl)c1C(=N)c1ccc(C)cc1. The number of hydrogen-bond acceptors (Lipinski definition) is 4. The second-order valence-electron chi connectivity index (χ2n) is 5.44. The van der Waals surface area contributed by atoms with Gasteiger partial charge in [0.1, 0.15) is 5.69 Å². The molecule has 134 valence electrons. The number of rotatable bonds is 4. The summed E-state index contributed by atoms with van der Waals surface area (Å²) in [5.74, 6) is 0.491. The van der Waals surface area contributed by atoms with Gasteiger partial charge in [0.25, 0.3) is 0 Å². The third-order valence-electron chi connectivity index (χ3n) is 3.79. The molecule has 0 aliphatic carbocycles. The number of aromatic nitrogens is 2. The highest BCUT2D eigenvalue weighted by atomic mass is 35.5. The zero-order valence-corrected chi connectivity index (χ0v) is 16.2. The molecule has 0 unspecified atom stereocenters. The normalized spacial score (nSPS) is 9.88. The van der Waals surface area contributed by atoms with Crippen LogP contribution in [0.3, 0.4) is 0 Å². The standard InChI is InChI=1S/C19H17ClN4.C2H6/c1-12-8-10-13(11-9-12)17(21)15-16(20)18(23-24-19(15)22-2)14-6-4-3-5-7-14;1-2/h3-11,21H,1-2H3,(H,22,24);1-2H3. The lowest BCUT2D eigenvalue weighted by atomic mass is 10.00. The van der Waals surface area contributed by atoms with Crippen molar-refractivity contribution in [2.75, 3.05) is 12.4 Å². The number of benzene rings is 2. The van der Waals surface area contributed by atoms with Crippen molar-refractivity contribution in [1.29, 1.82) is 5.41 Å². The van der Waals surface area contributed by atoms with Crippen molar-refractivity contribution in [3.8, 4) is 11.3 Å². The van der Waals surface area contributed by atoms with E-state index in [1.54, 1.807) is 7.05 Å². The highest BCUT2D eigenvalue weighted by molar-refractivity contribution is 6.38. The summed E-state index contributed by atoms with van der Waals surface area (Å²) >= 11 is 6.62. The van der Waals surface area contributed by atoms with E-state index >= 15 is 0 Å². The van der Waals surface area contributed by atoms with Crippen molar-refractivity contribution in [2.24, 2.45) is 0 Å². The molecule has 0 bridgehead atoms. The highest BCUT2D eigenvalue weighted by Crippen LogP contribution is 2.33. The predicted molar refractivity (Wildman–Crippen MR) is 110 cm³/mol. The zero-order valence-electron chi connectivity index (χ0n) is 15.5. The van der Waals surface area contributed by atoms with Crippen LogP contribution in [0, 0.1) is 12.3 Å². The van der Waals surface area contributed by atoms with Crippen LogP contribution in [0.4, 0.5) is 5.82 Å². The molecule has 0 radical (unpaired) electrons. The van der Waals surface area contributed by atoms with E-state index in [0.717, 1.165) is 16.7 Å². The molecule has 0 aliphatic heterocycles. The number of aryl methyl sites for hydroxylation is 1. The Morgan fingerprint density at radius 1 is 0.962 bits per heavy atom. The summed E-state index contributed by atoms with van der Waals surface area (Å²) in [6.45, 7) is 6.01. The molecule has 2 N–H and O–H groups in total. The van der Waals surface area contributed by atoms with Crippen molar-refractivity contribution < 1.29 is 0 Å². The third kappa shape index (κ3) is 4.09. The molecule has 1 aromatic heterocycles. The van der Waals surface area contributed by atoms with Crippen LogP contribution in [0.2, 0.25) is 5.02 Å². The van der Waals surface area contributed by atoms with Gasteiger partial charge in [-0.05, 0) is 6.92 Å². The molecule has 0 saturated heterocycles. The first kappa shape index (κ1) is 19.6. The van der Waals surface area contributed by atoms with Gasteiger partial charge in [0.2, 0.25) is 0 Å². The minimum absolute atomic E-state index is 0.316. The maximum Gasteiger partial charge on any atom is 0.159 e. The lowest BCUT2D eigenvalue weighted by Gasteiger charge is -2.14. The summed E-state index contributed by atoms with van der Waals surface area (Å²) in [6.07, 6.45) is 0. The molecule has 0 spiro atoms. The van der Waals surface area contributed by atoms with Crippen LogP contribution in [0.5, 0.6) is 0 Å². The van der Waals surface area contributed by atoms with Crippen LogP contribution < -0.4 is 5.32 Å². The number of anilines is 1. The smallest absolute Gasteiger partial charge is 0.159 e. The zero-order chi connectivity index (χ0) is 19.1. The van der Waals surface area contributed by atoms with Crippen LogP contribution in [0.15, 0.2) is 54.6 Å². The Labute approximate surface area is 159 Å². The molecular formula is C21H23ClN4. The van der Waals surface area contributed by atoms with Gasteiger partial charge in [-0.3, -0.25) is 5.41 Å². The van der Waals surface area contributed by atoms with Crippen molar-refractivity contribution in [3.05, 3.63) is 76.3 Å². The second-order valence-corrected chi connectivity index (χ2v) is 5.82. The lowest BCUT2D eigenvalue weighted by molar-refractivity contribution is 1.03. The Kier molecular flexibility index (Phi) is 6.87. The number of nitrogens with one attached hydrogen (secondary N) is 2. The van der Waals surface area contributed by atoms with Gasteiger partial charge in [0, 0.05) is 18.2 Å². The summed E-state index contributed by atoms with van der Waals surface area (Å²) in [5, 5.41) is 20.4. The number of halogens is 1. The van der Waals surface area contributed by atoms with Gasteiger partial charge in [-0.2, -0.15) is 0 Å². The number of nitrogens with zero attached hydrogens (tertiary/aromatic N) is 2. The molecule has 3 aromatic rings. The summed E-state index contributed by atoms with van der Waals surface area (Å²) in [4.78, 5) is 0. The molecule has 26 heavy (non-hydrogen) atoms. The molecule has 0 atom stereocenters. The molecule has 0 amide bonds. The van der Waals surface area contributed by atoms with Crippen LogP contribution in [-0.2, 0) is 0 Å². The van der Waals surface area contributed by atoms with E-state index in [9.17, 15) is 0 Å². The van der Waals surface area contributed by atoms with E-state index < -0.39 is 0 Å². The summed E-state index contributed by atoms with van der Waals surface area (Å²) in [7, 11) is 1.74. The molecular weight excluding hydrogens is 344 g/mol. The molecule has 0 fully saturated rings. The fourth-order valence-corrected chi connectivity index (χ4v) is 2.80. The molecule has 0 aliphatic rings. The van der Waals surface area contributed by atoms with E-state index in [-0.39, 0.29) is 0 Å². The van der Waals surface area contributed by atoms with Crippen molar-refractivity contribution >= 4 is 23.1 Å². The largest absolute Gasteiger partial charge is 0.371 e. The maximum atomic E-state index is 8.59. The van der Waals surface area contributed by atoms with Crippen LogP contribution in [0.1, 0.15) is 30.5 Å². The van der Waals surface area contributed by atoms with Crippen LogP contribution in [0.25, 0.3) is 11.3 Å². The van der Waals surface area contributed by atoms with Crippen LogP contribution >= 0.6 is 11.6 Å². The quantitative estimate of drug-likeness (QED) is 0.591. The molecule has 2 aromatic carbocycles. The molecule has 5 heteroatoms. The monoisotopic (exact) mass is 366 g/mol. The van der Waals surface area contributed by atoms with E-state index in [2.05, 4.69) is 15.5 Å². The van der Waals surface area contributed by atoms with Gasteiger partial charge < -0.3 is 5.32 Å². The maximum absolute atomic E-state index is 8.59. The Bertz CT molecular complexity index is 875. The van der Waals surface area contributed by atoms with E-state index in [4.69, 9.17) is 17.0 Å². The van der Waals surface area contributed by atoms with Crippen molar-refractivity contribution in [2.45, 2.75) is 20.8 Å². The summed E-state index contributed by atoms with van der Waals surface area (Å²) in [5.41, 5.74) is 4.24. The molecule has 3 rings (SSSR count). The summed E-state index contributed by atoms with van der Waals surface area (Å²) in [6, 6.07) is 17.4. The average molecular weight is 367 g/mol. The van der Waals surface area contributed by atoms with E-state index in [1.807, 2.05) is 75.4 Å². The Morgan fingerprint density at radius 2 is 1.58 bits per heavy atom. The van der Waals surface area contributed by atoms with Gasteiger partial charge in [-0.1, -0.05) is 85.6 Å². The van der Waals surface area contributed by atoms with Gasteiger partial charge in [-0.15, -0.1) is 10.2 Å². The second kappa shape index (κ2) is 9.11. The van der Waals surface area contributed by atoms with Gasteiger partial charge in [0.05, 0.1) is 16.3 Å². The average Bonchev–Trinajstić information content (AvgIpc) is 2.70. The lowest BCUT2D eigenvalue weighted by Crippen LogP contribution is -2.10. The predicted octanol–water partition coefficient (Wildman–Crippen LogP) is 5.59. The fourth-order valence-electron chi connectivity index (χ4n) is 2.46. The van der Waals surface area contributed by atoms with Crippen LogP contribution in [-0.4, -0.2) is 23.0 Å².